The standard InChI is InChI=1S/C16H26O4/c1-8-9-10-11-12(13(17)19-15(2,3)4)14(18)20-16(5,6)7/h8,11H,1,9-10H2,2-7H3. The topological polar surface area (TPSA) is 52.6 Å². The van der Waals surface area contributed by atoms with Gasteiger partial charge in [0.1, 0.15) is 16.8 Å². The maximum absolute atomic E-state index is 12.1. The van der Waals surface area contributed by atoms with Gasteiger partial charge in [0.25, 0.3) is 0 Å². The fraction of sp³-hybridized carbons (Fsp3) is 0.625. The van der Waals surface area contributed by atoms with Gasteiger partial charge in [0.2, 0.25) is 0 Å². The Labute approximate surface area is 121 Å². The van der Waals surface area contributed by atoms with Crippen LogP contribution in [0.2, 0.25) is 0 Å². The summed E-state index contributed by atoms with van der Waals surface area (Å²) in [6, 6.07) is 0. The van der Waals surface area contributed by atoms with Crippen molar-refractivity contribution in [1.82, 2.24) is 0 Å². The van der Waals surface area contributed by atoms with E-state index in [0.717, 1.165) is 0 Å². The molecule has 0 aromatic carbocycles. The molecule has 0 saturated heterocycles. The third kappa shape index (κ3) is 8.51. The molecule has 0 aliphatic rings. The summed E-state index contributed by atoms with van der Waals surface area (Å²) in [4.78, 5) is 24.1. The Morgan fingerprint density at radius 3 is 1.60 bits per heavy atom. The average Bonchev–Trinajstić information content (AvgIpc) is 2.18. The quantitative estimate of drug-likeness (QED) is 0.193. The van der Waals surface area contributed by atoms with E-state index < -0.39 is 23.1 Å². The highest BCUT2D eigenvalue weighted by Crippen LogP contribution is 2.16. The summed E-state index contributed by atoms with van der Waals surface area (Å²) < 4.78 is 10.5. The summed E-state index contributed by atoms with van der Waals surface area (Å²) in [5.41, 5.74) is -1.37. The van der Waals surface area contributed by atoms with E-state index in [0.29, 0.717) is 12.8 Å². The molecule has 0 rings (SSSR count). The largest absolute Gasteiger partial charge is 0.456 e. The fourth-order valence-corrected chi connectivity index (χ4v) is 1.26. The van der Waals surface area contributed by atoms with Crippen LogP contribution in [0.15, 0.2) is 24.3 Å². The summed E-state index contributed by atoms with van der Waals surface area (Å²) in [5.74, 6) is -1.31. The van der Waals surface area contributed by atoms with Crippen molar-refractivity contribution in [2.24, 2.45) is 0 Å². The van der Waals surface area contributed by atoms with Crippen LogP contribution in [0, 0.1) is 0 Å². The SMILES string of the molecule is C=CCCC=C(C(=O)OC(C)(C)C)C(=O)OC(C)(C)C. The molecule has 0 bridgehead atoms. The van der Waals surface area contributed by atoms with Gasteiger partial charge in [-0.15, -0.1) is 6.58 Å². The van der Waals surface area contributed by atoms with Gasteiger partial charge in [-0.1, -0.05) is 12.2 Å². The minimum Gasteiger partial charge on any atom is -0.456 e. The van der Waals surface area contributed by atoms with E-state index in [1.807, 2.05) is 0 Å². The minimum absolute atomic E-state index is 0.0586. The first-order valence-corrected chi connectivity index (χ1v) is 6.74. The third-order valence-electron chi connectivity index (χ3n) is 1.96. The molecule has 0 fully saturated rings. The molecule has 4 nitrogen and oxygen atoms in total. The van der Waals surface area contributed by atoms with Gasteiger partial charge >= 0.3 is 11.9 Å². The summed E-state index contributed by atoms with van der Waals surface area (Å²) >= 11 is 0. The molecular formula is C16H26O4. The number of hydrogen-bond acceptors (Lipinski definition) is 4. The van der Waals surface area contributed by atoms with E-state index in [1.165, 1.54) is 0 Å². The van der Waals surface area contributed by atoms with Gasteiger partial charge in [-0.3, -0.25) is 0 Å². The van der Waals surface area contributed by atoms with Crippen LogP contribution in [-0.2, 0) is 19.1 Å². The van der Waals surface area contributed by atoms with Crippen LogP contribution >= 0.6 is 0 Å². The van der Waals surface area contributed by atoms with Gasteiger partial charge in [-0.25, -0.2) is 9.59 Å². The summed E-state index contributed by atoms with van der Waals surface area (Å²) in [7, 11) is 0. The Hall–Kier alpha value is -1.58. The molecule has 0 aliphatic carbocycles. The molecule has 4 heteroatoms. The van der Waals surface area contributed by atoms with Crippen LogP contribution in [0.1, 0.15) is 54.4 Å². The predicted octanol–water partition coefficient (Wildman–Crippen LogP) is 3.56. The summed E-state index contributed by atoms with van der Waals surface area (Å²) in [6.45, 7) is 14.1. The molecule has 114 valence electrons. The Bertz CT molecular complexity index is 362. The van der Waals surface area contributed by atoms with E-state index >= 15 is 0 Å². The van der Waals surface area contributed by atoms with E-state index in [2.05, 4.69) is 6.58 Å². The lowest BCUT2D eigenvalue weighted by atomic mass is 10.1. The zero-order valence-corrected chi connectivity index (χ0v) is 13.4. The average molecular weight is 282 g/mol. The highest BCUT2D eigenvalue weighted by atomic mass is 16.6. The number of ether oxygens (including phenoxy) is 2. The number of carbonyl (C=O) groups is 2. The minimum atomic E-state index is -0.657. The molecular weight excluding hydrogens is 256 g/mol. The molecule has 0 heterocycles. The lowest BCUT2D eigenvalue weighted by molar-refractivity contribution is -0.158. The Balaban J connectivity index is 5.08. The van der Waals surface area contributed by atoms with E-state index in [9.17, 15) is 9.59 Å². The fourth-order valence-electron chi connectivity index (χ4n) is 1.26. The number of hydrogen-bond donors (Lipinski definition) is 0. The number of rotatable bonds is 5. The van der Waals surface area contributed by atoms with Gasteiger partial charge in [0.15, 0.2) is 0 Å². The summed E-state index contributed by atoms with van der Waals surface area (Å²) in [6.07, 6.45) is 4.48. The molecule has 0 aromatic heterocycles. The van der Waals surface area contributed by atoms with Crippen molar-refractivity contribution >= 4 is 11.9 Å². The highest BCUT2D eigenvalue weighted by Gasteiger charge is 2.28. The molecule has 20 heavy (non-hydrogen) atoms. The lowest BCUT2D eigenvalue weighted by Crippen LogP contribution is -2.31. The normalized spacial score (nSPS) is 11.5. The first-order chi connectivity index (χ1) is 8.96. The van der Waals surface area contributed by atoms with Crippen molar-refractivity contribution in [2.75, 3.05) is 0 Å². The second kappa shape index (κ2) is 7.27. The van der Waals surface area contributed by atoms with Crippen LogP contribution in [-0.4, -0.2) is 23.1 Å². The van der Waals surface area contributed by atoms with E-state index in [4.69, 9.17) is 9.47 Å². The van der Waals surface area contributed by atoms with Crippen LogP contribution in [0.5, 0.6) is 0 Å². The Morgan fingerprint density at radius 1 is 0.900 bits per heavy atom. The molecule has 0 aliphatic heterocycles. The number of carbonyl (C=O) groups excluding carboxylic acids is 2. The van der Waals surface area contributed by atoms with Crippen molar-refractivity contribution in [3.63, 3.8) is 0 Å². The Morgan fingerprint density at radius 2 is 1.30 bits per heavy atom. The predicted molar refractivity (Wildman–Crippen MR) is 79.2 cm³/mol. The van der Waals surface area contributed by atoms with Gasteiger partial charge in [-0.2, -0.15) is 0 Å². The molecule has 0 amide bonds. The smallest absolute Gasteiger partial charge is 0.345 e. The molecule has 0 atom stereocenters. The molecule has 0 spiro atoms. The number of unbranched alkanes of at least 4 members (excludes halogenated alkanes) is 1. The second-order valence-electron chi connectivity index (χ2n) is 6.49. The number of esters is 2. The van der Waals surface area contributed by atoms with Crippen LogP contribution in [0.3, 0.4) is 0 Å². The van der Waals surface area contributed by atoms with Gasteiger partial charge in [0, 0.05) is 0 Å². The van der Waals surface area contributed by atoms with Crippen molar-refractivity contribution < 1.29 is 19.1 Å². The van der Waals surface area contributed by atoms with Crippen LogP contribution in [0.4, 0.5) is 0 Å². The van der Waals surface area contributed by atoms with Crippen molar-refractivity contribution in [2.45, 2.75) is 65.6 Å². The molecule has 0 aromatic rings. The van der Waals surface area contributed by atoms with E-state index in [1.54, 1.807) is 53.7 Å². The van der Waals surface area contributed by atoms with E-state index in [-0.39, 0.29) is 5.57 Å². The Kier molecular flexibility index (Phi) is 6.69. The first kappa shape index (κ1) is 18.4. The second-order valence-corrected chi connectivity index (χ2v) is 6.49. The molecule has 0 unspecified atom stereocenters. The maximum Gasteiger partial charge on any atom is 0.345 e. The monoisotopic (exact) mass is 282 g/mol. The molecule has 0 saturated carbocycles. The van der Waals surface area contributed by atoms with Gasteiger partial charge in [-0.05, 0) is 54.4 Å². The molecule has 0 N–H and O–H groups in total. The van der Waals surface area contributed by atoms with Crippen LogP contribution < -0.4 is 0 Å². The van der Waals surface area contributed by atoms with Gasteiger partial charge in [0.05, 0.1) is 0 Å². The lowest BCUT2D eigenvalue weighted by Gasteiger charge is -2.23. The zero-order valence-electron chi connectivity index (χ0n) is 13.4. The number of allylic oxidation sites excluding steroid dienone is 2. The van der Waals surface area contributed by atoms with Gasteiger partial charge < -0.3 is 9.47 Å². The zero-order chi connectivity index (χ0) is 16.0. The maximum atomic E-state index is 12.1. The van der Waals surface area contributed by atoms with Crippen LogP contribution in [0.25, 0.3) is 0 Å². The first-order valence-electron chi connectivity index (χ1n) is 6.74. The van der Waals surface area contributed by atoms with Crippen molar-refractivity contribution in [1.29, 1.82) is 0 Å². The van der Waals surface area contributed by atoms with Crippen molar-refractivity contribution in [3.05, 3.63) is 24.3 Å². The highest BCUT2D eigenvalue weighted by molar-refractivity contribution is 6.14. The molecule has 0 radical (unpaired) electrons. The third-order valence-corrected chi connectivity index (χ3v) is 1.96. The van der Waals surface area contributed by atoms with Crippen molar-refractivity contribution in [3.8, 4) is 0 Å². The summed E-state index contributed by atoms with van der Waals surface area (Å²) in [5, 5.41) is 0.